The molecule has 1 aliphatic carbocycles. The Labute approximate surface area is 147 Å². The van der Waals surface area contributed by atoms with Gasteiger partial charge in [0.05, 0.1) is 18.1 Å². The number of amides is 1. The van der Waals surface area contributed by atoms with E-state index in [1.165, 1.54) is 38.5 Å². The van der Waals surface area contributed by atoms with Crippen molar-refractivity contribution in [3.8, 4) is 11.5 Å². The molecule has 0 aromatic heterocycles. The van der Waals surface area contributed by atoms with Gasteiger partial charge in [-0.3, -0.25) is 14.9 Å². The minimum atomic E-state index is -0.527. The standard InChI is InChI=1S/C18H24N2O5/c1-24-14-8-9-17(16(11-14)20(22)23)25-12-18(21)19-10-4-6-13-5-2-3-7-15(13)19/h8-9,11,13,15H,2-7,10,12H2,1H3/t13-,15-/m0/s1. The molecule has 2 fully saturated rings. The second-order valence-corrected chi connectivity index (χ2v) is 6.72. The number of nitrogens with zero attached hydrogens (tertiary/aromatic N) is 2. The van der Waals surface area contributed by atoms with Gasteiger partial charge in [-0.15, -0.1) is 0 Å². The smallest absolute Gasteiger partial charge is 0.314 e. The lowest BCUT2D eigenvalue weighted by Gasteiger charge is -2.44. The number of nitro groups is 1. The molecule has 1 saturated heterocycles. The van der Waals surface area contributed by atoms with Crippen molar-refractivity contribution in [2.75, 3.05) is 20.3 Å². The Hall–Kier alpha value is -2.31. The molecule has 1 amide bonds. The molecular formula is C18H24N2O5. The highest BCUT2D eigenvalue weighted by Crippen LogP contribution is 2.35. The number of fused-ring (bicyclic) bond motifs is 1. The number of benzene rings is 1. The SMILES string of the molecule is COc1ccc(OCC(=O)N2CCC[C@@H]3CCCC[C@@H]32)c([N+](=O)[O-])c1. The average Bonchev–Trinajstić information content (AvgIpc) is 2.65. The number of carbonyl (C=O) groups excluding carboxylic acids is 1. The van der Waals surface area contributed by atoms with Crippen LogP contribution in [0.3, 0.4) is 0 Å². The fourth-order valence-corrected chi connectivity index (χ4v) is 4.05. The maximum Gasteiger partial charge on any atom is 0.314 e. The van der Waals surface area contributed by atoms with Crippen molar-refractivity contribution < 1.29 is 19.2 Å². The van der Waals surface area contributed by atoms with Crippen molar-refractivity contribution >= 4 is 11.6 Å². The lowest BCUT2D eigenvalue weighted by atomic mass is 9.78. The van der Waals surface area contributed by atoms with E-state index in [0.29, 0.717) is 17.7 Å². The average molecular weight is 348 g/mol. The maximum atomic E-state index is 12.6. The van der Waals surface area contributed by atoms with Crippen molar-refractivity contribution in [1.29, 1.82) is 0 Å². The van der Waals surface area contributed by atoms with E-state index >= 15 is 0 Å². The van der Waals surface area contributed by atoms with Crippen LogP contribution in [0.5, 0.6) is 11.5 Å². The second kappa shape index (κ2) is 7.72. The van der Waals surface area contributed by atoms with Crippen molar-refractivity contribution in [1.82, 2.24) is 4.90 Å². The number of rotatable bonds is 5. The summed E-state index contributed by atoms with van der Waals surface area (Å²) >= 11 is 0. The van der Waals surface area contributed by atoms with Gasteiger partial charge < -0.3 is 14.4 Å². The Morgan fingerprint density at radius 2 is 2.04 bits per heavy atom. The Morgan fingerprint density at radius 3 is 2.80 bits per heavy atom. The van der Waals surface area contributed by atoms with Crippen LogP contribution in [0.25, 0.3) is 0 Å². The number of likely N-dealkylation sites (tertiary alicyclic amines) is 1. The summed E-state index contributed by atoms with van der Waals surface area (Å²) in [6, 6.07) is 4.68. The summed E-state index contributed by atoms with van der Waals surface area (Å²) < 4.78 is 10.5. The van der Waals surface area contributed by atoms with Gasteiger partial charge in [0.25, 0.3) is 5.91 Å². The number of ether oxygens (including phenoxy) is 2. The zero-order valence-electron chi connectivity index (χ0n) is 14.5. The third kappa shape index (κ3) is 3.86. The maximum absolute atomic E-state index is 12.6. The molecule has 1 aromatic carbocycles. The van der Waals surface area contributed by atoms with Crippen LogP contribution < -0.4 is 9.47 Å². The fraction of sp³-hybridized carbons (Fsp3) is 0.611. The highest BCUT2D eigenvalue weighted by atomic mass is 16.6. The fourth-order valence-electron chi connectivity index (χ4n) is 4.05. The predicted octanol–water partition coefficient (Wildman–Crippen LogP) is 3.16. The highest BCUT2D eigenvalue weighted by molar-refractivity contribution is 5.78. The van der Waals surface area contributed by atoms with E-state index in [0.717, 1.165) is 25.8 Å². The molecule has 0 N–H and O–H groups in total. The topological polar surface area (TPSA) is 81.9 Å². The van der Waals surface area contributed by atoms with Crippen LogP contribution in [-0.4, -0.2) is 42.0 Å². The summed E-state index contributed by atoms with van der Waals surface area (Å²) in [6.45, 7) is 0.588. The first kappa shape index (κ1) is 17.5. The first-order chi connectivity index (χ1) is 12.1. The van der Waals surface area contributed by atoms with E-state index in [2.05, 4.69) is 0 Å². The van der Waals surface area contributed by atoms with Gasteiger partial charge in [0, 0.05) is 12.6 Å². The number of nitro benzene ring substituents is 1. The molecule has 136 valence electrons. The van der Waals surface area contributed by atoms with Crippen molar-refractivity contribution in [2.45, 2.75) is 44.6 Å². The van der Waals surface area contributed by atoms with E-state index in [4.69, 9.17) is 9.47 Å². The van der Waals surface area contributed by atoms with Gasteiger partial charge >= 0.3 is 5.69 Å². The van der Waals surface area contributed by atoms with Crippen LogP contribution in [0.15, 0.2) is 18.2 Å². The molecule has 1 aliphatic heterocycles. The summed E-state index contributed by atoms with van der Waals surface area (Å²) in [5, 5.41) is 11.2. The van der Waals surface area contributed by atoms with Gasteiger partial charge in [0.1, 0.15) is 5.75 Å². The van der Waals surface area contributed by atoms with Crippen molar-refractivity contribution in [2.24, 2.45) is 5.92 Å². The number of hydrogen-bond acceptors (Lipinski definition) is 5. The Balaban J connectivity index is 1.66. The van der Waals surface area contributed by atoms with Crippen LogP contribution in [-0.2, 0) is 4.79 Å². The number of methoxy groups -OCH3 is 1. The largest absolute Gasteiger partial charge is 0.496 e. The third-order valence-electron chi connectivity index (χ3n) is 5.28. The van der Waals surface area contributed by atoms with Gasteiger partial charge in [-0.2, -0.15) is 0 Å². The molecule has 2 aliphatic rings. The Bertz CT molecular complexity index is 646. The van der Waals surface area contributed by atoms with E-state index in [9.17, 15) is 14.9 Å². The second-order valence-electron chi connectivity index (χ2n) is 6.72. The van der Waals surface area contributed by atoms with Crippen LogP contribution in [0.1, 0.15) is 38.5 Å². The van der Waals surface area contributed by atoms with Crippen LogP contribution in [0, 0.1) is 16.0 Å². The van der Waals surface area contributed by atoms with Gasteiger partial charge in [-0.1, -0.05) is 12.8 Å². The normalized spacial score (nSPS) is 22.8. The molecule has 7 nitrogen and oxygen atoms in total. The first-order valence-electron chi connectivity index (χ1n) is 8.85. The Morgan fingerprint density at radius 1 is 1.28 bits per heavy atom. The molecule has 3 rings (SSSR count). The lowest BCUT2D eigenvalue weighted by molar-refractivity contribution is -0.385. The van der Waals surface area contributed by atoms with Crippen molar-refractivity contribution in [3.63, 3.8) is 0 Å². The monoisotopic (exact) mass is 348 g/mol. The van der Waals surface area contributed by atoms with E-state index in [1.807, 2.05) is 4.90 Å². The molecule has 1 heterocycles. The summed E-state index contributed by atoms with van der Waals surface area (Å²) in [6.07, 6.45) is 6.88. The van der Waals surface area contributed by atoms with Gasteiger partial charge in [-0.25, -0.2) is 0 Å². The zero-order chi connectivity index (χ0) is 17.8. The molecule has 1 aromatic rings. The van der Waals surface area contributed by atoms with E-state index in [-0.39, 0.29) is 24.0 Å². The first-order valence-corrected chi connectivity index (χ1v) is 8.85. The van der Waals surface area contributed by atoms with E-state index in [1.54, 1.807) is 6.07 Å². The summed E-state index contributed by atoms with van der Waals surface area (Å²) in [5.74, 6) is 0.992. The number of carbonyl (C=O) groups is 1. The molecule has 0 radical (unpaired) electrons. The quantitative estimate of drug-likeness (QED) is 0.603. The molecule has 0 bridgehead atoms. The summed E-state index contributed by atoms with van der Waals surface area (Å²) in [5.41, 5.74) is -0.193. The van der Waals surface area contributed by atoms with E-state index < -0.39 is 4.92 Å². The summed E-state index contributed by atoms with van der Waals surface area (Å²) in [4.78, 5) is 25.2. The van der Waals surface area contributed by atoms with Crippen LogP contribution in [0.4, 0.5) is 5.69 Å². The Kier molecular flexibility index (Phi) is 5.40. The minimum Gasteiger partial charge on any atom is -0.496 e. The van der Waals surface area contributed by atoms with Gasteiger partial charge in [0.2, 0.25) is 0 Å². The summed E-state index contributed by atoms with van der Waals surface area (Å²) in [7, 11) is 1.44. The number of piperidine rings is 1. The van der Waals surface area contributed by atoms with Gasteiger partial charge in [0.15, 0.2) is 12.4 Å². The predicted molar refractivity (Wildman–Crippen MR) is 91.8 cm³/mol. The molecule has 25 heavy (non-hydrogen) atoms. The van der Waals surface area contributed by atoms with Crippen molar-refractivity contribution in [3.05, 3.63) is 28.3 Å². The molecule has 2 atom stereocenters. The van der Waals surface area contributed by atoms with Crippen LogP contribution in [0.2, 0.25) is 0 Å². The molecular weight excluding hydrogens is 324 g/mol. The molecule has 0 unspecified atom stereocenters. The lowest BCUT2D eigenvalue weighted by Crippen LogP contribution is -2.51. The van der Waals surface area contributed by atoms with Crippen LogP contribution >= 0.6 is 0 Å². The highest BCUT2D eigenvalue weighted by Gasteiger charge is 2.35. The zero-order valence-corrected chi connectivity index (χ0v) is 14.5. The molecule has 0 spiro atoms. The molecule has 1 saturated carbocycles. The number of hydrogen-bond donors (Lipinski definition) is 0. The minimum absolute atomic E-state index is 0.0817. The molecule has 7 heteroatoms. The third-order valence-corrected chi connectivity index (χ3v) is 5.28. The van der Waals surface area contributed by atoms with Gasteiger partial charge in [-0.05, 0) is 43.7 Å².